The highest BCUT2D eigenvalue weighted by atomic mass is 32.2. The number of fused-ring (bicyclic) bond motifs is 1. The van der Waals surface area contributed by atoms with Crippen molar-refractivity contribution in [1.82, 2.24) is 14.4 Å². The maximum Gasteiger partial charge on any atom is 0.276 e. The number of para-hydroxylation sites is 1. The summed E-state index contributed by atoms with van der Waals surface area (Å²) in [6, 6.07) is 7.99. The monoisotopic (exact) mass is 281 g/mol. The topological polar surface area (TPSA) is 74.0 Å². The summed E-state index contributed by atoms with van der Waals surface area (Å²) in [6.07, 6.45) is 3.37. The van der Waals surface area contributed by atoms with Crippen molar-refractivity contribution in [2.45, 2.75) is 19.8 Å². The Bertz CT molecular complexity index is 634. The van der Waals surface area contributed by atoms with Gasteiger partial charge in [-0.3, -0.25) is 0 Å². The van der Waals surface area contributed by atoms with Crippen molar-refractivity contribution >= 4 is 21.1 Å². The molecule has 19 heavy (non-hydrogen) atoms. The average Bonchev–Trinajstić information content (AvgIpc) is 2.80. The maximum atomic E-state index is 11.6. The Morgan fingerprint density at radius 3 is 2.68 bits per heavy atom. The molecule has 0 radical (unpaired) electrons. The molecular weight excluding hydrogens is 262 g/mol. The zero-order valence-corrected chi connectivity index (χ0v) is 11.8. The van der Waals surface area contributed by atoms with Crippen LogP contribution in [0.2, 0.25) is 0 Å². The van der Waals surface area contributed by atoms with Gasteiger partial charge in [0.05, 0.1) is 0 Å². The minimum Gasteiger partial charge on any atom is -0.361 e. The Morgan fingerprint density at radius 1 is 1.16 bits per heavy atom. The average molecular weight is 281 g/mol. The summed E-state index contributed by atoms with van der Waals surface area (Å²) < 4.78 is 28.1. The van der Waals surface area contributed by atoms with E-state index in [0.29, 0.717) is 19.5 Å². The fourth-order valence-corrected chi connectivity index (χ4v) is 2.89. The van der Waals surface area contributed by atoms with Crippen molar-refractivity contribution in [2.75, 3.05) is 13.1 Å². The van der Waals surface area contributed by atoms with E-state index in [0.717, 1.165) is 22.9 Å². The number of hydrogen-bond donors (Lipinski definition) is 3. The first-order chi connectivity index (χ1) is 9.12. The molecule has 1 heterocycles. The Labute approximate surface area is 113 Å². The SMILES string of the molecule is CCCNS(=O)(=O)NCCc1c[nH]c2ccccc12. The van der Waals surface area contributed by atoms with Crippen LogP contribution in [0.15, 0.2) is 30.5 Å². The number of nitrogens with one attached hydrogen (secondary N) is 3. The van der Waals surface area contributed by atoms with Gasteiger partial charge < -0.3 is 4.98 Å². The highest BCUT2D eigenvalue weighted by molar-refractivity contribution is 7.87. The molecule has 1 aromatic heterocycles. The molecule has 0 aliphatic rings. The summed E-state index contributed by atoms with van der Waals surface area (Å²) in [5, 5.41) is 1.14. The van der Waals surface area contributed by atoms with Crippen LogP contribution in [-0.4, -0.2) is 26.5 Å². The summed E-state index contributed by atoms with van der Waals surface area (Å²) >= 11 is 0. The lowest BCUT2D eigenvalue weighted by atomic mass is 10.1. The van der Waals surface area contributed by atoms with E-state index < -0.39 is 10.2 Å². The standard InChI is InChI=1S/C13H19N3O2S/c1-2-8-15-19(17,18)16-9-7-11-10-14-13-6-4-3-5-12(11)13/h3-6,10,14-16H,2,7-9H2,1H3. The molecule has 0 aliphatic carbocycles. The summed E-state index contributed by atoms with van der Waals surface area (Å²) in [5.74, 6) is 0. The van der Waals surface area contributed by atoms with Crippen LogP contribution in [0.3, 0.4) is 0 Å². The summed E-state index contributed by atoms with van der Waals surface area (Å²) in [6.45, 7) is 2.78. The number of aromatic nitrogens is 1. The highest BCUT2D eigenvalue weighted by Crippen LogP contribution is 2.17. The Kier molecular flexibility index (Phi) is 4.57. The molecule has 3 N–H and O–H groups in total. The minimum absolute atomic E-state index is 0.390. The molecule has 0 bridgehead atoms. The fraction of sp³-hybridized carbons (Fsp3) is 0.385. The number of hydrogen-bond acceptors (Lipinski definition) is 2. The van der Waals surface area contributed by atoms with Gasteiger partial charge in [0, 0.05) is 30.2 Å². The summed E-state index contributed by atoms with van der Waals surface area (Å²) in [7, 11) is -3.36. The third-order valence-electron chi connectivity index (χ3n) is 2.90. The largest absolute Gasteiger partial charge is 0.361 e. The molecule has 2 rings (SSSR count). The van der Waals surface area contributed by atoms with Gasteiger partial charge in [-0.25, -0.2) is 9.44 Å². The molecule has 5 nitrogen and oxygen atoms in total. The van der Waals surface area contributed by atoms with Gasteiger partial charge in [-0.05, 0) is 24.5 Å². The van der Waals surface area contributed by atoms with Crippen LogP contribution in [0, 0.1) is 0 Å². The predicted octanol–water partition coefficient (Wildman–Crippen LogP) is 1.54. The van der Waals surface area contributed by atoms with Gasteiger partial charge in [-0.2, -0.15) is 8.42 Å². The van der Waals surface area contributed by atoms with Gasteiger partial charge in [-0.15, -0.1) is 0 Å². The molecule has 6 heteroatoms. The van der Waals surface area contributed by atoms with Crippen LogP contribution in [-0.2, 0) is 16.6 Å². The van der Waals surface area contributed by atoms with Crippen LogP contribution < -0.4 is 9.44 Å². The molecule has 1 aromatic carbocycles. The van der Waals surface area contributed by atoms with Crippen LogP contribution in [0.1, 0.15) is 18.9 Å². The number of H-pyrrole nitrogens is 1. The van der Waals surface area contributed by atoms with Gasteiger partial charge in [0.25, 0.3) is 10.2 Å². The molecular formula is C13H19N3O2S. The second-order valence-corrected chi connectivity index (χ2v) is 5.99. The quantitative estimate of drug-likeness (QED) is 0.720. The molecule has 2 aromatic rings. The van der Waals surface area contributed by atoms with Gasteiger partial charge >= 0.3 is 0 Å². The second kappa shape index (κ2) is 6.18. The number of benzene rings is 1. The van der Waals surface area contributed by atoms with Gasteiger partial charge in [-0.1, -0.05) is 25.1 Å². The summed E-state index contributed by atoms with van der Waals surface area (Å²) in [5.41, 5.74) is 2.19. The zero-order chi connectivity index (χ0) is 13.7. The van der Waals surface area contributed by atoms with E-state index in [1.807, 2.05) is 37.4 Å². The maximum absolute atomic E-state index is 11.6. The Hall–Kier alpha value is -1.37. The van der Waals surface area contributed by atoms with E-state index in [1.165, 1.54) is 0 Å². The molecule has 0 unspecified atom stereocenters. The lowest BCUT2D eigenvalue weighted by Crippen LogP contribution is -2.37. The van der Waals surface area contributed by atoms with Crippen molar-refractivity contribution < 1.29 is 8.42 Å². The Balaban J connectivity index is 1.93. The van der Waals surface area contributed by atoms with Crippen LogP contribution in [0.5, 0.6) is 0 Å². The van der Waals surface area contributed by atoms with Crippen molar-refractivity contribution in [3.05, 3.63) is 36.0 Å². The molecule has 0 fully saturated rings. The molecule has 0 atom stereocenters. The third kappa shape index (κ3) is 3.79. The molecule has 0 saturated carbocycles. The van der Waals surface area contributed by atoms with E-state index in [9.17, 15) is 8.42 Å². The van der Waals surface area contributed by atoms with Gasteiger partial charge in [0.15, 0.2) is 0 Å². The smallest absolute Gasteiger partial charge is 0.276 e. The van der Waals surface area contributed by atoms with Crippen LogP contribution in [0.25, 0.3) is 10.9 Å². The lowest BCUT2D eigenvalue weighted by molar-refractivity contribution is 0.566. The van der Waals surface area contributed by atoms with E-state index in [1.54, 1.807) is 0 Å². The van der Waals surface area contributed by atoms with Gasteiger partial charge in [0.1, 0.15) is 0 Å². The molecule has 0 aliphatic heterocycles. The second-order valence-electron chi connectivity index (χ2n) is 4.40. The number of aromatic amines is 1. The molecule has 0 amide bonds. The zero-order valence-electron chi connectivity index (χ0n) is 10.9. The predicted molar refractivity (Wildman–Crippen MR) is 77.2 cm³/mol. The van der Waals surface area contributed by atoms with E-state index in [4.69, 9.17) is 0 Å². The first-order valence-corrected chi connectivity index (χ1v) is 7.90. The normalized spacial score (nSPS) is 12.1. The van der Waals surface area contributed by atoms with Crippen molar-refractivity contribution in [1.29, 1.82) is 0 Å². The van der Waals surface area contributed by atoms with Crippen molar-refractivity contribution in [2.24, 2.45) is 0 Å². The minimum atomic E-state index is -3.36. The van der Waals surface area contributed by atoms with E-state index in [-0.39, 0.29) is 0 Å². The third-order valence-corrected chi connectivity index (χ3v) is 4.07. The first-order valence-electron chi connectivity index (χ1n) is 6.41. The molecule has 0 saturated heterocycles. The van der Waals surface area contributed by atoms with Gasteiger partial charge in [0.2, 0.25) is 0 Å². The van der Waals surface area contributed by atoms with E-state index >= 15 is 0 Å². The number of rotatable bonds is 7. The van der Waals surface area contributed by atoms with E-state index in [2.05, 4.69) is 14.4 Å². The highest BCUT2D eigenvalue weighted by Gasteiger charge is 2.08. The Morgan fingerprint density at radius 2 is 1.89 bits per heavy atom. The summed E-state index contributed by atoms with van der Waals surface area (Å²) in [4.78, 5) is 3.18. The lowest BCUT2D eigenvalue weighted by Gasteiger charge is -2.06. The van der Waals surface area contributed by atoms with Crippen molar-refractivity contribution in [3.63, 3.8) is 0 Å². The molecule has 104 valence electrons. The van der Waals surface area contributed by atoms with Crippen LogP contribution >= 0.6 is 0 Å². The van der Waals surface area contributed by atoms with Crippen molar-refractivity contribution in [3.8, 4) is 0 Å². The molecule has 0 spiro atoms. The fourth-order valence-electron chi connectivity index (χ4n) is 1.95. The van der Waals surface area contributed by atoms with Crippen LogP contribution in [0.4, 0.5) is 0 Å². The first kappa shape index (κ1) is 14.0.